The Bertz CT molecular complexity index is 262. The standard InChI is InChI=1S/C10H18N2OS/c1-8-12-10(7-14-8)6-9(11-2)4-5-13-3/h7,9,11H,4-6H2,1-3H3. The first-order chi connectivity index (χ1) is 6.76. The number of rotatable bonds is 6. The summed E-state index contributed by atoms with van der Waals surface area (Å²) in [5, 5.41) is 6.55. The molecule has 0 amide bonds. The van der Waals surface area contributed by atoms with Crippen LogP contribution in [0.2, 0.25) is 0 Å². The van der Waals surface area contributed by atoms with Crippen LogP contribution in [0, 0.1) is 6.92 Å². The van der Waals surface area contributed by atoms with Gasteiger partial charge in [-0.1, -0.05) is 0 Å². The van der Waals surface area contributed by atoms with Crippen LogP contribution in [-0.4, -0.2) is 31.8 Å². The molecule has 0 fully saturated rings. The highest BCUT2D eigenvalue weighted by atomic mass is 32.1. The summed E-state index contributed by atoms with van der Waals surface area (Å²) in [7, 11) is 3.72. The quantitative estimate of drug-likeness (QED) is 0.781. The molecule has 3 nitrogen and oxygen atoms in total. The number of hydrogen-bond acceptors (Lipinski definition) is 4. The minimum atomic E-state index is 0.469. The lowest BCUT2D eigenvalue weighted by Gasteiger charge is -2.13. The summed E-state index contributed by atoms with van der Waals surface area (Å²) >= 11 is 1.71. The van der Waals surface area contributed by atoms with E-state index in [-0.39, 0.29) is 0 Å². The van der Waals surface area contributed by atoms with E-state index in [0.717, 1.165) is 24.5 Å². The molecule has 0 radical (unpaired) electrons. The van der Waals surface area contributed by atoms with Gasteiger partial charge in [-0.05, 0) is 20.4 Å². The molecular formula is C10H18N2OS. The molecule has 0 saturated carbocycles. The molecule has 1 aromatic heterocycles. The summed E-state index contributed by atoms with van der Waals surface area (Å²) in [5.74, 6) is 0. The molecule has 1 atom stereocenters. The molecule has 0 spiro atoms. The van der Waals surface area contributed by atoms with E-state index in [1.54, 1.807) is 18.4 Å². The maximum atomic E-state index is 5.06. The van der Waals surface area contributed by atoms with Crippen LogP contribution in [0.4, 0.5) is 0 Å². The number of nitrogens with one attached hydrogen (secondary N) is 1. The zero-order valence-corrected chi connectivity index (χ0v) is 9.86. The van der Waals surface area contributed by atoms with E-state index >= 15 is 0 Å². The van der Waals surface area contributed by atoms with Gasteiger partial charge in [0.05, 0.1) is 10.7 Å². The highest BCUT2D eigenvalue weighted by Crippen LogP contribution is 2.10. The highest BCUT2D eigenvalue weighted by Gasteiger charge is 2.08. The zero-order valence-electron chi connectivity index (χ0n) is 9.04. The SMILES string of the molecule is CNC(CCOC)Cc1csc(C)n1. The van der Waals surface area contributed by atoms with Crippen LogP contribution in [-0.2, 0) is 11.2 Å². The Kier molecular flexibility index (Phi) is 5.07. The fourth-order valence-electron chi connectivity index (χ4n) is 1.36. The average Bonchev–Trinajstić information content (AvgIpc) is 2.58. The molecular weight excluding hydrogens is 196 g/mol. The van der Waals surface area contributed by atoms with Crippen molar-refractivity contribution in [3.63, 3.8) is 0 Å². The largest absolute Gasteiger partial charge is 0.385 e. The minimum absolute atomic E-state index is 0.469. The van der Waals surface area contributed by atoms with Crippen molar-refractivity contribution < 1.29 is 4.74 Å². The van der Waals surface area contributed by atoms with Gasteiger partial charge in [0.1, 0.15) is 0 Å². The third kappa shape index (κ3) is 3.74. The number of ether oxygens (including phenoxy) is 1. The third-order valence-corrected chi connectivity index (χ3v) is 3.02. The number of aryl methyl sites for hydroxylation is 1. The number of nitrogens with zero attached hydrogens (tertiary/aromatic N) is 1. The molecule has 1 heterocycles. The molecule has 0 aliphatic heterocycles. The highest BCUT2D eigenvalue weighted by molar-refractivity contribution is 7.09. The van der Waals surface area contributed by atoms with Crippen molar-refractivity contribution in [2.24, 2.45) is 0 Å². The van der Waals surface area contributed by atoms with Crippen LogP contribution >= 0.6 is 11.3 Å². The summed E-state index contributed by atoms with van der Waals surface area (Å²) in [6.07, 6.45) is 2.02. The normalized spacial score (nSPS) is 13.1. The van der Waals surface area contributed by atoms with E-state index in [9.17, 15) is 0 Å². The van der Waals surface area contributed by atoms with Gasteiger partial charge in [-0.3, -0.25) is 0 Å². The molecule has 14 heavy (non-hydrogen) atoms. The Morgan fingerprint density at radius 2 is 2.43 bits per heavy atom. The van der Waals surface area contributed by atoms with Gasteiger partial charge in [-0.2, -0.15) is 0 Å². The molecule has 0 aromatic carbocycles. The van der Waals surface area contributed by atoms with E-state index in [1.807, 2.05) is 14.0 Å². The Morgan fingerprint density at radius 3 is 2.93 bits per heavy atom. The maximum Gasteiger partial charge on any atom is 0.0897 e. The van der Waals surface area contributed by atoms with Crippen molar-refractivity contribution >= 4 is 11.3 Å². The van der Waals surface area contributed by atoms with Crippen molar-refractivity contribution in [2.45, 2.75) is 25.8 Å². The van der Waals surface area contributed by atoms with Crippen LogP contribution < -0.4 is 5.32 Å². The first-order valence-corrected chi connectivity index (χ1v) is 5.71. The number of thiazole rings is 1. The Morgan fingerprint density at radius 1 is 1.64 bits per heavy atom. The second-order valence-corrected chi connectivity index (χ2v) is 4.39. The number of likely N-dealkylation sites (N-methyl/N-ethyl adjacent to an activating group) is 1. The van der Waals surface area contributed by atoms with E-state index in [1.165, 1.54) is 5.69 Å². The molecule has 0 bridgehead atoms. The number of aromatic nitrogens is 1. The smallest absolute Gasteiger partial charge is 0.0897 e. The van der Waals surface area contributed by atoms with Crippen molar-refractivity contribution in [3.8, 4) is 0 Å². The molecule has 1 aromatic rings. The maximum absolute atomic E-state index is 5.06. The van der Waals surface area contributed by atoms with E-state index < -0.39 is 0 Å². The minimum Gasteiger partial charge on any atom is -0.385 e. The third-order valence-electron chi connectivity index (χ3n) is 2.20. The summed E-state index contributed by atoms with van der Waals surface area (Å²) < 4.78 is 5.06. The molecule has 1 N–H and O–H groups in total. The second-order valence-electron chi connectivity index (χ2n) is 3.33. The molecule has 80 valence electrons. The lowest BCUT2D eigenvalue weighted by molar-refractivity contribution is 0.183. The van der Waals surface area contributed by atoms with Crippen molar-refractivity contribution in [1.82, 2.24) is 10.3 Å². The van der Waals surface area contributed by atoms with Gasteiger partial charge in [0.25, 0.3) is 0 Å². The molecule has 1 rings (SSSR count). The molecule has 1 unspecified atom stereocenters. The van der Waals surface area contributed by atoms with Crippen molar-refractivity contribution in [2.75, 3.05) is 20.8 Å². The zero-order chi connectivity index (χ0) is 10.4. The monoisotopic (exact) mass is 214 g/mol. The predicted octanol–water partition coefficient (Wildman–Crippen LogP) is 1.62. The van der Waals surface area contributed by atoms with E-state index in [0.29, 0.717) is 6.04 Å². The topological polar surface area (TPSA) is 34.1 Å². The fraction of sp³-hybridized carbons (Fsp3) is 0.700. The van der Waals surface area contributed by atoms with Gasteiger partial charge >= 0.3 is 0 Å². The van der Waals surface area contributed by atoms with Crippen LogP contribution in [0.25, 0.3) is 0 Å². The van der Waals surface area contributed by atoms with Crippen LogP contribution in [0.5, 0.6) is 0 Å². The summed E-state index contributed by atoms with van der Waals surface area (Å²) in [4.78, 5) is 4.44. The lowest BCUT2D eigenvalue weighted by atomic mass is 10.1. The van der Waals surface area contributed by atoms with Crippen LogP contribution in [0.1, 0.15) is 17.1 Å². The van der Waals surface area contributed by atoms with Gasteiger partial charge in [0, 0.05) is 31.6 Å². The van der Waals surface area contributed by atoms with Gasteiger partial charge in [-0.15, -0.1) is 11.3 Å². The predicted molar refractivity (Wildman–Crippen MR) is 59.9 cm³/mol. The first-order valence-electron chi connectivity index (χ1n) is 4.83. The second kappa shape index (κ2) is 6.11. The Hall–Kier alpha value is -0.450. The molecule has 4 heteroatoms. The molecule has 0 aliphatic carbocycles. The fourth-order valence-corrected chi connectivity index (χ4v) is 1.99. The van der Waals surface area contributed by atoms with Crippen molar-refractivity contribution in [1.29, 1.82) is 0 Å². The van der Waals surface area contributed by atoms with Gasteiger partial charge in [0.2, 0.25) is 0 Å². The Labute approximate surface area is 89.5 Å². The molecule has 0 aliphatic rings. The molecule has 0 saturated heterocycles. The number of methoxy groups -OCH3 is 1. The lowest BCUT2D eigenvalue weighted by Crippen LogP contribution is -2.29. The van der Waals surface area contributed by atoms with Crippen molar-refractivity contribution in [3.05, 3.63) is 16.1 Å². The van der Waals surface area contributed by atoms with Gasteiger partial charge in [0.15, 0.2) is 0 Å². The van der Waals surface area contributed by atoms with Gasteiger partial charge in [-0.25, -0.2) is 4.98 Å². The van der Waals surface area contributed by atoms with Gasteiger partial charge < -0.3 is 10.1 Å². The average molecular weight is 214 g/mol. The van der Waals surface area contributed by atoms with Crippen LogP contribution in [0.3, 0.4) is 0 Å². The number of hydrogen-bond donors (Lipinski definition) is 1. The summed E-state index contributed by atoms with van der Waals surface area (Å²) in [6, 6.07) is 0.469. The first kappa shape index (κ1) is 11.6. The summed E-state index contributed by atoms with van der Waals surface area (Å²) in [6.45, 7) is 2.84. The summed E-state index contributed by atoms with van der Waals surface area (Å²) in [5.41, 5.74) is 1.18. The van der Waals surface area contributed by atoms with E-state index in [2.05, 4.69) is 15.7 Å². The Balaban J connectivity index is 2.40. The van der Waals surface area contributed by atoms with E-state index in [4.69, 9.17) is 4.74 Å². The van der Waals surface area contributed by atoms with Crippen LogP contribution in [0.15, 0.2) is 5.38 Å².